The van der Waals surface area contributed by atoms with Crippen LogP contribution in [-0.2, 0) is 0 Å². The SMILES string of the molecule is CC(=NO)c1ccc(NC(=O)c2ccc(C#N)cn2)cc1. The fraction of sp³-hybridized carbons (Fsp3) is 0.0667. The zero-order valence-corrected chi connectivity index (χ0v) is 11.2. The van der Waals surface area contributed by atoms with Crippen molar-refractivity contribution < 1.29 is 10.0 Å². The van der Waals surface area contributed by atoms with Crippen LogP contribution in [-0.4, -0.2) is 21.8 Å². The van der Waals surface area contributed by atoms with Gasteiger partial charge < -0.3 is 10.5 Å². The molecular formula is C15H12N4O2. The van der Waals surface area contributed by atoms with Gasteiger partial charge in [0.15, 0.2) is 0 Å². The van der Waals surface area contributed by atoms with E-state index in [1.807, 2.05) is 6.07 Å². The van der Waals surface area contributed by atoms with Gasteiger partial charge in [0, 0.05) is 11.9 Å². The van der Waals surface area contributed by atoms with E-state index >= 15 is 0 Å². The summed E-state index contributed by atoms with van der Waals surface area (Å²) in [6.45, 7) is 1.67. The van der Waals surface area contributed by atoms with Gasteiger partial charge in [0.2, 0.25) is 0 Å². The van der Waals surface area contributed by atoms with Crippen molar-refractivity contribution in [2.24, 2.45) is 5.16 Å². The highest BCUT2D eigenvalue weighted by Gasteiger charge is 2.08. The van der Waals surface area contributed by atoms with E-state index in [-0.39, 0.29) is 11.6 Å². The smallest absolute Gasteiger partial charge is 0.274 e. The summed E-state index contributed by atoms with van der Waals surface area (Å²) in [6, 6.07) is 11.8. The minimum atomic E-state index is -0.361. The van der Waals surface area contributed by atoms with E-state index in [2.05, 4.69) is 15.5 Å². The summed E-state index contributed by atoms with van der Waals surface area (Å²) >= 11 is 0. The summed E-state index contributed by atoms with van der Waals surface area (Å²) in [7, 11) is 0. The fourth-order valence-electron chi connectivity index (χ4n) is 1.64. The van der Waals surface area contributed by atoms with Gasteiger partial charge in [-0.2, -0.15) is 5.26 Å². The zero-order valence-electron chi connectivity index (χ0n) is 11.2. The maximum Gasteiger partial charge on any atom is 0.274 e. The number of carbonyl (C=O) groups excluding carboxylic acids is 1. The number of anilines is 1. The van der Waals surface area contributed by atoms with Gasteiger partial charge in [-0.3, -0.25) is 4.79 Å². The normalized spacial score (nSPS) is 10.8. The van der Waals surface area contributed by atoms with Crippen LogP contribution >= 0.6 is 0 Å². The third-order valence-corrected chi connectivity index (χ3v) is 2.84. The highest BCUT2D eigenvalue weighted by Crippen LogP contribution is 2.11. The number of pyridine rings is 1. The molecule has 0 saturated carbocycles. The summed E-state index contributed by atoms with van der Waals surface area (Å²) < 4.78 is 0. The summed E-state index contributed by atoms with van der Waals surface area (Å²) in [5, 5.41) is 23.2. The number of carbonyl (C=O) groups is 1. The van der Waals surface area contributed by atoms with Crippen molar-refractivity contribution in [2.75, 3.05) is 5.32 Å². The molecule has 2 aromatic rings. The molecule has 0 fully saturated rings. The predicted molar refractivity (Wildman–Crippen MR) is 77.3 cm³/mol. The minimum Gasteiger partial charge on any atom is -0.411 e. The first-order chi connectivity index (χ1) is 10.1. The van der Waals surface area contributed by atoms with Crippen LogP contribution in [0.25, 0.3) is 0 Å². The molecular weight excluding hydrogens is 268 g/mol. The van der Waals surface area contributed by atoms with Crippen LogP contribution in [0.4, 0.5) is 5.69 Å². The van der Waals surface area contributed by atoms with E-state index in [1.54, 1.807) is 31.2 Å². The first-order valence-corrected chi connectivity index (χ1v) is 6.10. The van der Waals surface area contributed by atoms with Crippen LogP contribution in [0.15, 0.2) is 47.8 Å². The van der Waals surface area contributed by atoms with Gasteiger partial charge in [-0.05, 0) is 36.8 Å². The minimum absolute atomic E-state index is 0.228. The molecule has 0 radical (unpaired) electrons. The van der Waals surface area contributed by atoms with E-state index in [0.29, 0.717) is 17.0 Å². The monoisotopic (exact) mass is 280 g/mol. The lowest BCUT2D eigenvalue weighted by molar-refractivity contribution is 0.102. The largest absolute Gasteiger partial charge is 0.411 e. The molecule has 0 spiro atoms. The van der Waals surface area contributed by atoms with Gasteiger partial charge in [-0.1, -0.05) is 17.3 Å². The molecule has 21 heavy (non-hydrogen) atoms. The molecule has 6 heteroatoms. The topological polar surface area (TPSA) is 98.4 Å². The standard InChI is InChI=1S/C15H12N4O2/c1-10(19-21)12-3-5-13(6-4-12)18-15(20)14-7-2-11(8-16)9-17-14/h2-7,9,21H,1H3,(H,18,20). The molecule has 0 unspecified atom stereocenters. The van der Waals surface area contributed by atoms with Gasteiger partial charge in [0.05, 0.1) is 11.3 Å². The molecule has 6 nitrogen and oxygen atoms in total. The number of hydrogen-bond donors (Lipinski definition) is 2. The van der Waals surface area contributed by atoms with Crippen molar-refractivity contribution in [3.05, 3.63) is 59.4 Å². The molecule has 2 rings (SSSR count). The van der Waals surface area contributed by atoms with Crippen LogP contribution < -0.4 is 5.32 Å². The number of rotatable bonds is 3. The van der Waals surface area contributed by atoms with Crippen LogP contribution in [0.3, 0.4) is 0 Å². The van der Waals surface area contributed by atoms with E-state index in [1.165, 1.54) is 18.3 Å². The van der Waals surface area contributed by atoms with Crippen molar-refractivity contribution in [1.82, 2.24) is 4.98 Å². The molecule has 0 aliphatic rings. The van der Waals surface area contributed by atoms with Gasteiger partial charge in [-0.15, -0.1) is 0 Å². The Morgan fingerprint density at radius 1 is 1.29 bits per heavy atom. The van der Waals surface area contributed by atoms with E-state index in [9.17, 15) is 4.79 Å². The van der Waals surface area contributed by atoms with E-state index in [4.69, 9.17) is 10.5 Å². The Hall–Kier alpha value is -3.20. The van der Waals surface area contributed by atoms with Crippen molar-refractivity contribution >= 4 is 17.3 Å². The van der Waals surface area contributed by atoms with Crippen molar-refractivity contribution in [2.45, 2.75) is 6.92 Å². The van der Waals surface area contributed by atoms with Crippen molar-refractivity contribution in [3.63, 3.8) is 0 Å². The lowest BCUT2D eigenvalue weighted by atomic mass is 10.1. The molecule has 0 saturated heterocycles. The van der Waals surface area contributed by atoms with Crippen LogP contribution in [0.1, 0.15) is 28.5 Å². The predicted octanol–water partition coefficient (Wildman–Crippen LogP) is 2.40. The Bertz CT molecular complexity index is 713. The third kappa shape index (κ3) is 3.42. The number of hydrogen-bond acceptors (Lipinski definition) is 5. The Morgan fingerprint density at radius 2 is 2.00 bits per heavy atom. The Morgan fingerprint density at radius 3 is 2.52 bits per heavy atom. The summed E-state index contributed by atoms with van der Waals surface area (Å²) in [4.78, 5) is 15.9. The third-order valence-electron chi connectivity index (χ3n) is 2.84. The quantitative estimate of drug-likeness (QED) is 0.512. The molecule has 0 aliphatic heterocycles. The van der Waals surface area contributed by atoms with Crippen LogP contribution in [0.2, 0.25) is 0 Å². The lowest BCUT2D eigenvalue weighted by Gasteiger charge is -2.05. The molecule has 1 amide bonds. The first kappa shape index (κ1) is 14.2. The number of aromatic nitrogens is 1. The average molecular weight is 280 g/mol. The second-order valence-electron chi connectivity index (χ2n) is 4.26. The second-order valence-corrected chi connectivity index (χ2v) is 4.26. The van der Waals surface area contributed by atoms with Gasteiger partial charge in [0.25, 0.3) is 5.91 Å². The van der Waals surface area contributed by atoms with Gasteiger partial charge >= 0.3 is 0 Å². The lowest BCUT2D eigenvalue weighted by Crippen LogP contribution is -2.13. The van der Waals surface area contributed by atoms with Crippen LogP contribution in [0.5, 0.6) is 0 Å². The van der Waals surface area contributed by atoms with E-state index < -0.39 is 0 Å². The maximum absolute atomic E-state index is 12.0. The Labute approximate surface area is 121 Å². The highest BCUT2D eigenvalue weighted by atomic mass is 16.4. The van der Waals surface area contributed by atoms with Gasteiger partial charge in [0.1, 0.15) is 11.8 Å². The fourth-order valence-corrected chi connectivity index (χ4v) is 1.64. The summed E-state index contributed by atoms with van der Waals surface area (Å²) in [5.41, 5.74) is 2.47. The molecule has 0 atom stereocenters. The zero-order chi connectivity index (χ0) is 15.2. The number of benzene rings is 1. The van der Waals surface area contributed by atoms with Crippen molar-refractivity contribution in [1.29, 1.82) is 5.26 Å². The summed E-state index contributed by atoms with van der Waals surface area (Å²) in [6.07, 6.45) is 1.35. The molecule has 0 aliphatic carbocycles. The molecule has 2 N–H and O–H groups in total. The molecule has 0 bridgehead atoms. The molecule has 1 aromatic carbocycles. The number of amides is 1. The number of nitrogens with one attached hydrogen (secondary N) is 1. The first-order valence-electron chi connectivity index (χ1n) is 6.10. The van der Waals surface area contributed by atoms with Crippen LogP contribution in [0, 0.1) is 11.3 Å². The number of oxime groups is 1. The number of nitrogens with zero attached hydrogens (tertiary/aromatic N) is 3. The second kappa shape index (κ2) is 6.30. The van der Waals surface area contributed by atoms with E-state index in [0.717, 1.165) is 5.56 Å². The van der Waals surface area contributed by atoms with Crippen molar-refractivity contribution in [3.8, 4) is 6.07 Å². The summed E-state index contributed by atoms with van der Waals surface area (Å²) in [5.74, 6) is -0.361. The number of nitriles is 1. The highest BCUT2D eigenvalue weighted by molar-refractivity contribution is 6.03. The molecule has 1 heterocycles. The average Bonchev–Trinajstić information content (AvgIpc) is 2.55. The maximum atomic E-state index is 12.0. The Balaban J connectivity index is 2.10. The van der Waals surface area contributed by atoms with Gasteiger partial charge in [-0.25, -0.2) is 4.98 Å². The molecule has 104 valence electrons. The Kier molecular flexibility index (Phi) is 4.26. The molecule has 1 aromatic heterocycles.